The van der Waals surface area contributed by atoms with Crippen LogP contribution in [0.1, 0.15) is 18.1 Å². The van der Waals surface area contributed by atoms with Crippen molar-refractivity contribution in [2.45, 2.75) is 18.1 Å². The zero-order chi connectivity index (χ0) is 9.60. The summed E-state index contributed by atoms with van der Waals surface area (Å²) in [5.74, 6) is 2.89. The molecule has 0 radical (unpaired) electrons. The lowest BCUT2D eigenvalue weighted by molar-refractivity contribution is 0.0106. The number of ether oxygens (including phenoxy) is 1. The second-order valence-corrected chi connectivity index (χ2v) is 5.02. The fourth-order valence-electron chi connectivity index (χ4n) is 2.09. The van der Waals surface area contributed by atoms with Crippen molar-refractivity contribution < 1.29 is 9.84 Å². The summed E-state index contributed by atoms with van der Waals surface area (Å²) in [4.78, 5) is 0. The highest BCUT2D eigenvalue weighted by Crippen LogP contribution is 2.46. The van der Waals surface area contributed by atoms with Gasteiger partial charge in [0.2, 0.25) is 0 Å². The molecule has 74 valence electrons. The molecular formula is C11H12O2S. The Morgan fingerprint density at radius 1 is 1.36 bits per heavy atom. The van der Waals surface area contributed by atoms with E-state index in [0.717, 1.165) is 29.2 Å². The minimum absolute atomic E-state index is 0.0710. The number of aliphatic hydroxyl groups is 1. The Bertz CT molecular complexity index is 360. The molecule has 0 amide bonds. The van der Waals surface area contributed by atoms with E-state index in [9.17, 15) is 5.11 Å². The van der Waals surface area contributed by atoms with Crippen molar-refractivity contribution in [3.05, 3.63) is 29.8 Å². The molecule has 3 rings (SSSR count). The second-order valence-electron chi connectivity index (χ2n) is 4.04. The van der Waals surface area contributed by atoms with E-state index in [-0.39, 0.29) is 11.7 Å². The van der Waals surface area contributed by atoms with Gasteiger partial charge in [-0.1, -0.05) is 18.2 Å². The molecule has 0 bridgehead atoms. The van der Waals surface area contributed by atoms with Gasteiger partial charge in [-0.25, -0.2) is 0 Å². The molecule has 1 N–H and O–H groups in total. The summed E-state index contributed by atoms with van der Waals surface area (Å²) in [6.07, 6.45) is 0.401. The maximum atomic E-state index is 9.97. The van der Waals surface area contributed by atoms with Crippen LogP contribution in [-0.2, 0) is 0 Å². The Morgan fingerprint density at radius 2 is 2.14 bits per heavy atom. The lowest BCUT2D eigenvalue weighted by atomic mass is 9.91. The lowest BCUT2D eigenvalue weighted by Gasteiger charge is -2.46. The number of hydrogen-bond donors (Lipinski definition) is 1. The van der Waals surface area contributed by atoms with E-state index in [1.165, 1.54) is 0 Å². The number of fused-ring (bicyclic) bond motifs is 1. The second kappa shape index (κ2) is 2.91. The molecule has 2 aliphatic rings. The number of para-hydroxylation sites is 1. The van der Waals surface area contributed by atoms with Gasteiger partial charge in [-0.15, -0.1) is 0 Å². The molecule has 1 spiro atoms. The fourth-order valence-corrected chi connectivity index (χ4v) is 3.11. The quantitative estimate of drug-likeness (QED) is 0.707. The topological polar surface area (TPSA) is 29.5 Å². The van der Waals surface area contributed by atoms with Crippen molar-refractivity contribution in [3.8, 4) is 5.75 Å². The highest BCUT2D eigenvalue weighted by Gasteiger charge is 2.45. The van der Waals surface area contributed by atoms with Crippen molar-refractivity contribution in [1.29, 1.82) is 0 Å². The van der Waals surface area contributed by atoms with E-state index in [1.54, 1.807) is 0 Å². The largest absolute Gasteiger partial charge is 0.485 e. The van der Waals surface area contributed by atoms with Gasteiger partial charge in [0.05, 0.1) is 6.10 Å². The molecule has 0 unspecified atom stereocenters. The predicted molar refractivity (Wildman–Crippen MR) is 56.7 cm³/mol. The Balaban J connectivity index is 2.00. The standard InChI is InChI=1S/C11H12O2S/c12-9-5-11(6-14-7-11)13-10-4-2-1-3-8(9)10/h1-4,9,12H,5-7H2/t9-/m0/s1. The summed E-state index contributed by atoms with van der Waals surface area (Å²) < 4.78 is 5.94. The van der Waals surface area contributed by atoms with Gasteiger partial charge in [-0.2, -0.15) is 11.8 Å². The van der Waals surface area contributed by atoms with Crippen LogP contribution in [0.25, 0.3) is 0 Å². The zero-order valence-corrected chi connectivity index (χ0v) is 8.59. The van der Waals surface area contributed by atoms with E-state index in [0.29, 0.717) is 0 Å². The number of rotatable bonds is 0. The molecule has 0 saturated carbocycles. The maximum Gasteiger partial charge on any atom is 0.130 e. The molecule has 1 saturated heterocycles. The van der Waals surface area contributed by atoms with Crippen molar-refractivity contribution in [1.82, 2.24) is 0 Å². The third kappa shape index (κ3) is 1.16. The van der Waals surface area contributed by atoms with Crippen LogP contribution in [0.5, 0.6) is 5.75 Å². The van der Waals surface area contributed by atoms with Crippen LogP contribution in [0.3, 0.4) is 0 Å². The minimum Gasteiger partial charge on any atom is -0.485 e. The third-order valence-electron chi connectivity index (χ3n) is 2.90. The Kier molecular flexibility index (Phi) is 1.79. The first-order valence-electron chi connectivity index (χ1n) is 4.83. The van der Waals surface area contributed by atoms with E-state index < -0.39 is 0 Å². The Morgan fingerprint density at radius 3 is 2.86 bits per heavy atom. The maximum absolute atomic E-state index is 9.97. The van der Waals surface area contributed by atoms with E-state index in [2.05, 4.69) is 0 Å². The first-order chi connectivity index (χ1) is 6.79. The number of aliphatic hydroxyl groups excluding tert-OH is 1. The first kappa shape index (κ1) is 8.62. The van der Waals surface area contributed by atoms with E-state index in [1.807, 2.05) is 36.0 Å². The van der Waals surface area contributed by atoms with Crippen molar-refractivity contribution in [2.24, 2.45) is 0 Å². The molecule has 1 fully saturated rings. The molecule has 2 heterocycles. The van der Waals surface area contributed by atoms with Gasteiger partial charge in [0.1, 0.15) is 11.4 Å². The fraction of sp³-hybridized carbons (Fsp3) is 0.455. The van der Waals surface area contributed by atoms with Crippen LogP contribution < -0.4 is 4.74 Å². The predicted octanol–water partition coefficient (Wildman–Crippen LogP) is 1.99. The summed E-state index contributed by atoms with van der Waals surface area (Å²) in [7, 11) is 0. The average Bonchev–Trinajstić information content (AvgIpc) is 2.15. The van der Waals surface area contributed by atoms with Crippen molar-refractivity contribution >= 4 is 11.8 Å². The highest BCUT2D eigenvalue weighted by molar-refractivity contribution is 8.00. The van der Waals surface area contributed by atoms with Gasteiger partial charge in [0.25, 0.3) is 0 Å². The van der Waals surface area contributed by atoms with Crippen molar-refractivity contribution in [2.75, 3.05) is 11.5 Å². The van der Waals surface area contributed by atoms with Crippen LogP contribution in [0.4, 0.5) is 0 Å². The van der Waals surface area contributed by atoms with Gasteiger partial charge in [0.15, 0.2) is 0 Å². The van der Waals surface area contributed by atoms with Crippen LogP contribution in [0, 0.1) is 0 Å². The smallest absolute Gasteiger partial charge is 0.130 e. The summed E-state index contributed by atoms with van der Waals surface area (Å²) >= 11 is 1.88. The van der Waals surface area contributed by atoms with Gasteiger partial charge < -0.3 is 9.84 Å². The normalized spacial score (nSPS) is 27.6. The SMILES string of the molecule is O[C@H]1CC2(CSC2)Oc2ccccc21. The number of hydrogen-bond acceptors (Lipinski definition) is 3. The summed E-state index contributed by atoms with van der Waals surface area (Å²) in [5.41, 5.74) is 0.869. The van der Waals surface area contributed by atoms with Crippen LogP contribution >= 0.6 is 11.8 Å². The lowest BCUT2D eigenvalue weighted by Crippen LogP contribution is -2.52. The van der Waals surface area contributed by atoms with Gasteiger partial charge >= 0.3 is 0 Å². The third-order valence-corrected chi connectivity index (χ3v) is 4.36. The Hall–Kier alpha value is -0.670. The minimum atomic E-state index is -0.346. The van der Waals surface area contributed by atoms with Crippen molar-refractivity contribution in [3.63, 3.8) is 0 Å². The number of benzene rings is 1. The molecule has 0 aromatic heterocycles. The molecule has 2 aliphatic heterocycles. The highest BCUT2D eigenvalue weighted by atomic mass is 32.2. The summed E-state index contributed by atoms with van der Waals surface area (Å²) in [6.45, 7) is 0. The monoisotopic (exact) mass is 208 g/mol. The van der Waals surface area contributed by atoms with E-state index in [4.69, 9.17) is 4.74 Å². The molecule has 1 atom stereocenters. The van der Waals surface area contributed by atoms with Gasteiger partial charge in [-0.3, -0.25) is 0 Å². The van der Waals surface area contributed by atoms with Crippen LogP contribution in [-0.4, -0.2) is 22.2 Å². The summed E-state index contributed by atoms with van der Waals surface area (Å²) in [5, 5.41) is 9.97. The molecule has 1 aromatic rings. The van der Waals surface area contributed by atoms with Crippen LogP contribution in [0.2, 0.25) is 0 Å². The molecule has 3 heteroatoms. The number of thioether (sulfide) groups is 1. The molecule has 0 aliphatic carbocycles. The zero-order valence-electron chi connectivity index (χ0n) is 7.77. The molecule has 1 aromatic carbocycles. The molecular weight excluding hydrogens is 196 g/mol. The van der Waals surface area contributed by atoms with E-state index >= 15 is 0 Å². The van der Waals surface area contributed by atoms with Gasteiger partial charge in [0, 0.05) is 23.5 Å². The average molecular weight is 208 g/mol. The van der Waals surface area contributed by atoms with Gasteiger partial charge in [-0.05, 0) is 6.07 Å². The summed E-state index contributed by atoms with van der Waals surface area (Å²) in [6, 6.07) is 7.79. The van der Waals surface area contributed by atoms with Crippen LogP contribution in [0.15, 0.2) is 24.3 Å². The molecule has 2 nitrogen and oxygen atoms in total. The molecule has 14 heavy (non-hydrogen) atoms. The first-order valence-corrected chi connectivity index (χ1v) is 5.98. The Labute approximate surface area is 87.3 Å².